The number of aryl methyl sites for hydroxylation is 1. The molecule has 0 aromatic heterocycles. The highest BCUT2D eigenvalue weighted by atomic mass is 28.3. The van der Waals surface area contributed by atoms with E-state index in [1.54, 1.807) is 7.11 Å². The summed E-state index contributed by atoms with van der Waals surface area (Å²) >= 11 is 0. The summed E-state index contributed by atoms with van der Waals surface area (Å²) in [5.74, 6) is 1.41. The molecule has 0 saturated carbocycles. The van der Waals surface area contributed by atoms with Crippen LogP contribution < -0.4 is 25.0 Å². The number of para-hydroxylation sites is 1. The van der Waals surface area contributed by atoms with Gasteiger partial charge < -0.3 is 29.7 Å². The van der Waals surface area contributed by atoms with Crippen LogP contribution in [-0.2, 0) is 20.7 Å². The van der Waals surface area contributed by atoms with E-state index in [0.717, 1.165) is 68.7 Å². The number of hydrogen-bond acceptors (Lipinski definition) is 7. The SMILES string of the molecule is COc1ccc([Si](C)(C)[C@H]2[C@H](C)[C@H](CCc3ccc(N4CN(c5ccccc5)C5(CCNCC5)C4=O)cc3)O[C@@H]2CC(=O)N2CCC[C@H]2CO)cc1. The molecule has 3 aromatic rings. The van der Waals surface area contributed by atoms with Crippen LogP contribution in [0, 0.1) is 5.92 Å². The molecule has 4 aliphatic rings. The minimum Gasteiger partial charge on any atom is -0.497 e. The zero-order valence-electron chi connectivity index (χ0n) is 31.3. The Bertz CT molecular complexity index is 1680. The highest BCUT2D eigenvalue weighted by Gasteiger charge is 2.54. The van der Waals surface area contributed by atoms with Gasteiger partial charge in [-0.3, -0.25) is 14.5 Å². The van der Waals surface area contributed by atoms with Crippen LogP contribution in [-0.4, -0.2) is 93.7 Å². The van der Waals surface area contributed by atoms with E-state index in [-0.39, 0.29) is 48.1 Å². The van der Waals surface area contributed by atoms with Gasteiger partial charge >= 0.3 is 0 Å². The molecule has 0 bridgehead atoms. The van der Waals surface area contributed by atoms with Crippen LogP contribution in [0.15, 0.2) is 78.9 Å². The number of aliphatic hydroxyl groups is 1. The van der Waals surface area contributed by atoms with E-state index in [2.05, 4.69) is 78.8 Å². The van der Waals surface area contributed by atoms with Gasteiger partial charge in [0.2, 0.25) is 5.91 Å². The molecule has 2 N–H and O–H groups in total. The average Bonchev–Trinajstić information content (AvgIpc) is 3.86. The smallest absolute Gasteiger partial charge is 0.254 e. The molecule has 0 unspecified atom stereocenters. The number of rotatable bonds is 11. The zero-order valence-corrected chi connectivity index (χ0v) is 32.3. The largest absolute Gasteiger partial charge is 0.497 e. The fourth-order valence-corrected chi connectivity index (χ4v) is 13.9. The first-order valence-electron chi connectivity index (χ1n) is 19.3. The number of carbonyl (C=O) groups excluding carboxylic acids is 2. The summed E-state index contributed by atoms with van der Waals surface area (Å²) in [5, 5.41) is 14.7. The molecule has 278 valence electrons. The van der Waals surface area contributed by atoms with Gasteiger partial charge in [-0.2, -0.15) is 0 Å². The predicted octanol–water partition coefficient (Wildman–Crippen LogP) is 5.32. The van der Waals surface area contributed by atoms with Crippen LogP contribution in [0.4, 0.5) is 11.4 Å². The number of methoxy groups -OCH3 is 1. The quantitative estimate of drug-likeness (QED) is 0.259. The van der Waals surface area contributed by atoms with Crippen LogP contribution in [0.25, 0.3) is 0 Å². The summed E-state index contributed by atoms with van der Waals surface area (Å²) in [6, 6.07) is 27.3. The van der Waals surface area contributed by atoms with Gasteiger partial charge in [0.15, 0.2) is 0 Å². The van der Waals surface area contributed by atoms with Crippen molar-refractivity contribution in [2.45, 2.75) is 94.3 Å². The number of nitrogens with one attached hydrogen (secondary N) is 1. The van der Waals surface area contributed by atoms with E-state index in [1.807, 2.05) is 40.1 Å². The molecule has 0 radical (unpaired) electrons. The van der Waals surface area contributed by atoms with Gasteiger partial charge in [0.25, 0.3) is 5.91 Å². The summed E-state index contributed by atoms with van der Waals surface area (Å²) in [4.78, 5) is 34.0. The van der Waals surface area contributed by atoms with Crippen molar-refractivity contribution < 1.29 is 24.2 Å². The standard InChI is InChI=1S/C42H56N4O5Si/c1-30-37(51-38(27-39(48)44-26-8-11-34(44)28-47)40(30)52(3,4)36-19-17-35(50-2)18-20-36)21-14-31-12-15-32(16-13-31)45-29-46(33-9-6-5-7-10-33)42(41(45)49)22-24-43-25-23-42/h5-7,9-10,12-13,15-20,30,34,37-38,40,43,47H,8,11,14,21-29H2,1-4H3/t30-,34+,37+,38-,40+/m1/s1. The summed E-state index contributed by atoms with van der Waals surface area (Å²) < 4.78 is 12.4. The summed E-state index contributed by atoms with van der Waals surface area (Å²) in [5.41, 5.74) is 2.97. The Hall–Kier alpha value is -3.70. The third-order valence-corrected chi connectivity index (χ3v) is 17.1. The van der Waals surface area contributed by atoms with E-state index in [1.165, 1.54) is 10.8 Å². The van der Waals surface area contributed by atoms with Gasteiger partial charge in [-0.05, 0) is 105 Å². The van der Waals surface area contributed by atoms with Crippen LogP contribution in [0.3, 0.4) is 0 Å². The van der Waals surface area contributed by atoms with Gasteiger partial charge in [0.05, 0.1) is 53.1 Å². The average molecular weight is 725 g/mol. The van der Waals surface area contributed by atoms with E-state index in [0.29, 0.717) is 19.6 Å². The summed E-state index contributed by atoms with van der Waals surface area (Å²) in [7, 11) is -0.420. The van der Waals surface area contributed by atoms with Gasteiger partial charge in [-0.1, -0.05) is 67.7 Å². The second-order valence-electron chi connectivity index (χ2n) is 15.9. The Morgan fingerprint density at radius 3 is 2.37 bits per heavy atom. The second-order valence-corrected chi connectivity index (χ2v) is 20.6. The molecule has 0 aliphatic carbocycles. The van der Waals surface area contributed by atoms with Crippen LogP contribution in [0.1, 0.15) is 51.0 Å². The topological polar surface area (TPSA) is 94.6 Å². The molecule has 4 aliphatic heterocycles. The fourth-order valence-electron chi connectivity index (χ4n) is 9.81. The monoisotopic (exact) mass is 724 g/mol. The Morgan fingerprint density at radius 1 is 0.981 bits per heavy atom. The third kappa shape index (κ3) is 6.90. The molecule has 4 heterocycles. The van der Waals surface area contributed by atoms with Crippen molar-refractivity contribution in [1.29, 1.82) is 0 Å². The summed E-state index contributed by atoms with van der Waals surface area (Å²) in [6.45, 7) is 10.1. The first-order chi connectivity index (χ1) is 25.2. The number of benzene rings is 3. The van der Waals surface area contributed by atoms with E-state index in [4.69, 9.17) is 9.47 Å². The minimum atomic E-state index is -2.11. The first-order valence-corrected chi connectivity index (χ1v) is 22.4. The molecule has 9 nitrogen and oxygen atoms in total. The molecule has 10 heteroatoms. The zero-order chi connectivity index (χ0) is 36.5. The molecule has 4 fully saturated rings. The lowest BCUT2D eigenvalue weighted by molar-refractivity contribution is -0.135. The molecular weight excluding hydrogens is 669 g/mol. The number of ether oxygens (including phenoxy) is 2. The van der Waals surface area contributed by atoms with Crippen LogP contribution >= 0.6 is 0 Å². The number of hydrogen-bond donors (Lipinski definition) is 2. The summed E-state index contributed by atoms with van der Waals surface area (Å²) in [6.07, 6.45) is 5.30. The van der Waals surface area contributed by atoms with Gasteiger partial charge in [0.1, 0.15) is 11.3 Å². The molecule has 3 aromatic carbocycles. The van der Waals surface area contributed by atoms with E-state index >= 15 is 0 Å². The lowest BCUT2D eigenvalue weighted by Crippen LogP contribution is -2.55. The number of nitrogens with zero attached hydrogens (tertiary/aromatic N) is 3. The van der Waals surface area contributed by atoms with Gasteiger partial charge in [0, 0.05) is 17.9 Å². The van der Waals surface area contributed by atoms with Crippen molar-refractivity contribution in [3.05, 3.63) is 84.4 Å². The highest BCUT2D eigenvalue weighted by molar-refractivity contribution is 6.91. The van der Waals surface area contributed by atoms with E-state index < -0.39 is 13.6 Å². The third-order valence-electron chi connectivity index (χ3n) is 12.8. The Morgan fingerprint density at radius 2 is 1.69 bits per heavy atom. The second kappa shape index (κ2) is 15.3. The Balaban J connectivity index is 1.06. The van der Waals surface area contributed by atoms with Gasteiger partial charge in [-0.25, -0.2) is 0 Å². The molecular formula is C42H56N4O5Si. The normalized spacial score (nSPS) is 26.1. The highest BCUT2D eigenvalue weighted by Crippen LogP contribution is 2.47. The maximum Gasteiger partial charge on any atom is 0.254 e. The molecule has 52 heavy (non-hydrogen) atoms. The number of carbonyl (C=O) groups is 2. The lowest BCUT2D eigenvalue weighted by atomic mass is 9.86. The Labute approximate surface area is 310 Å². The van der Waals surface area contributed by atoms with Crippen molar-refractivity contribution in [3.63, 3.8) is 0 Å². The van der Waals surface area contributed by atoms with Crippen molar-refractivity contribution in [3.8, 4) is 5.75 Å². The predicted molar refractivity (Wildman–Crippen MR) is 209 cm³/mol. The van der Waals surface area contributed by atoms with Gasteiger partial charge in [-0.15, -0.1) is 0 Å². The maximum atomic E-state index is 14.2. The number of amides is 2. The number of anilines is 2. The van der Waals surface area contributed by atoms with Crippen molar-refractivity contribution in [2.24, 2.45) is 5.92 Å². The minimum absolute atomic E-state index is 0.0140. The van der Waals surface area contributed by atoms with Crippen LogP contribution in [0.5, 0.6) is 5.75 Å². The molecule has 5 atom stereocenters. The molecule has 4 saturated heterocycles. The first kappa shape index (κ1) is 36.6. The van der Waals surface area contributed by atoms with Crippen molar-refractivity contribution in [1.82, 2.24) is 10.2 Å². The molecule has 7 rings (SSSR count). The maximum absolute atomic E-state index is 14.2. The number of likely N-dealkylation sites (tertiary alicyclic amines) is 1. The lowest BCUT2D eigenvalue weighted by Gasteiger charge is -2.39. The van der Waals surface area contributed by atoms with Crippen molar-refractivity contribution >= 4 is 36.4 Å². The van der Waals surface area contributed by atoms with Crippen LogP contribution in [0.2, 0.25) is 18.6 Å². The van der Waals surface area contributed by atoms with Crippen molar-refractivity contribution in [2.75, 3.05) is 49.8 Å². The number of aliphatic hydroxyl groups excluding tert-OH is 1. The molecule has 2 amide bonds. The molecule has 1 spiro atoms. The Kier molecular flexibility index (Phi) is 10.8. The fraction of sp³-hybridized carbons (Fsp3) is 0.524. The van der Waals surface area contributed by atoms with E-state index in [9.17, 15) is 14.7 Å². The number of piperidine rings is 1.